The number of methoxy groups -OCH3 is 1. The average molecular weight is 241 g/mol. The summed E-state index contributed by atoms with van der Waals surface area (Å²) in [5.74, 6) is 0.307. The predicted octanol–water partition coefficient (Wildman–Crippen LogP) is 2.86. The van der Waals surface area contributed by atoms with Crippen molar-refractivity contribution in [3.8, 4) is 0 Å². The van der Waals surface area contributed by atoms with Crippen LogP contribution in [0.1, 0.15) is 29.9 Å². The van der Waals surface area contributed by atoms with Gasteiger partial charge < -0.3 is 10.5 Å². The lowest BCUT2D eigenvalue weighted by atomic mass is 9.89. The Morgan fingerprint density at radius 2 is 1.78 bits per heavy atom. The van der Waals surface area contributed by atoms with Crippen molar-refractivity contribution in [2.24, 2.45) is 5.73 Å². The second-order valence-corrected chi connectivity index (χ2v) is 5.27. The van der Waals surface area contributed by atoms with E-state index in [2.05, 4.69) is 42.5 Å². The van der Waals surface area contributed by atoms with Gasteiger partial charge in [-0.25, -0.2) is 0 Å². The Bertz CT molecular complexity index is 482. The number of rotatable bonds is 3. The van der Waals surface area contributed by atoms with Crippen LogP contribution in [0.5, 0.6) is 0 Å². The van der Waals surface area contributed by atoms with E-state index in [0.29, 0.717) is 5.92 Å². The lowest BCUT2D eigenvalue weighted by molar-refractivity contribution is 0.128. The maximum atomic E-state index is 6.20. The summed E-state index contributed by atoms with van der Waals surface area (Å²) < 4.78 is 5.51. The van der Waals surface area contributed by atoms with Crippen molar-refractivity contribution in [1.82, 2.24) is 0 Å². The number of ether oxygens (including phenoxy) is 1. The normalized spacial score (nSPS) is 28.3. The molecule has 1 aromatic carbocycles. The van der Waals surface area contributed by atoms with E-state index in [9.17, 15) is 0 Å². The van der Waals surface area contributed by atoms with Gasteiger partial charge in [0.15, 0.2) is 0 Å². The van der Waals surface area contributed by atoms with E-state index in [1.54, 1.807) is 7.11 Å². The highest BCUT2D eigenvalue weighted by Crippen LogP contribution is 2.43. The Morgan fingerprint density at radius 1 is 1.11 bits per heavy atom. The molecule has 0 amide bonds. The standard InChI is InChI=1S/C16H19NO/c1-18-15-5-3-2-4-14(15)12-6-8-13(9-7-12)16(17)10-11-16/h2-9,14-15H,10-11,17H2,1H3. The Hall–Kier alpha value is -1.38. The second-order valence-electron chi connectivity index (χ2n) is 5.27. The number of hydrogen-bond acceptors (Lipinski definition) is 2. The molecule has 2 unspecified atom stereocenters. The Labute approximate surface area is 108 Å². The summed E-state index contributed by atoms with van der Waals surface area (Å²) in [6, 6.07) is 8.70. The minimum Gasteiger partial charge on any atom is -0.376 e. The highest BCUT2D eigenvalue weighted by Gasteiger charge is 2.39. The molecule has 94 valence electrons. The van der Waals surface area contributed by atoms with E-state index in [1.807, 2.05) is 6.08 Å². The van der Waals surface area contributed by atoms with Crippen LogP contribution >= 0.6 is 0 Å². The SMILES string of the molecule is COC1C=CC=CC1c1ccc(C2(N)CC2)cc1. The number of allylic oxidation sites excluding steroid dienone is 2. The molecule has 2 atom stereocenters. The van der Waals surface area contributed by atoms with Gasteiger partial charge in [0.05, 0.1) is 6.10 Å². The van der Waals surface area contributed by atoms with Crippen molar-refractivity contribution >= 4 is 0 Å². The molecule has 18 heavy (non-hydrogen) atoms. The molecular weight excluding hydrogens is 222 g/mol. The van der Waals surface area contributed by atoms with Crippen molar-refractivity contribution in [3.05, 3.63) is 59.7 Å². The van der Waals surface area contributed by atoms with Gasteiger partial charge in [-0.3, -0.25) is 0 Å². The molecule has 2 aliphatic carbocycles. The summed E-state index contributed by atoms with van der Waals surface area (Å²) in [4.78, 5) is 0. The lowest BCUT2D eigenvalue weighted by Crippen LogP contribution is -2.20. The first-order valence-electron chi connectivity index (χ1n) is 6.50. The zero-order chi connectivity index (χ0) is 12.6. The summed E-state index contributed by atoms with van der Waals surface area (Å²) in [5, 5.41) is 0. The van der Waals surface area contributed by atoms with Crippen LogP contribution in [0.3, 0.4) is 0 Å². The minimum atomic E-state index is -0.0402. The van der Waals surface area contributed by atoms with Gasteiger partial charge in [-0.15, -0.1) is 0 Å². The molecule has 1 aromatic rings. The summed E-state index contributed by atoms with van der Waals surface area (Å²) in [6.45, 7) is 0. The monoisotopic (exact) mass is 241 g/mol. The molecule has 3 rings (SSSR count). The Balaban J connectivity index is 1.84. The van der Waals surface area contributed by atoms with Crippen molar-refractivity contribution in [2.45, 2.75) is 30.4 Å². The third-order valence-electron chi connectivity index (χ3n) is 4.02. The molecule has 1 saturated carbocycles. The second kappa shape index (κ2) is 4.38. The van der Waals surface area contributed by atoms with Gasteiger partial charge in [-0.05, 0) is 24.0 Å². The van der Waals surface area contributed by atoms with Crippen LogP contribution in [0.15, 0.2) is 48.6 Å². The van der Waals surface area contributed by atoms with Gasteiger partial charge in [0.2, 0.25) is 0 Å². The molecule has 0 radical (unpaired) electrons. The van der Waals surface area contributed by atoms with Crippen LogP contribution < -0.4 is 5.73 Å². The largest absolute Gasteiger partial charge is 0.376 e. The maximum absolute atomic E-state index is 6.20. The van der Waals surface area contributed by atoms with E-state index >= 15 is 0 Å². The molecule has 0 saturated heterocycles. The third kappa shape index (κ3) is 2.02. The van der Waals surface area contributed by atoms with E-state index in [0.717, 1.165) is 12.8 Å². The van der Waals surface area contributed by atoms with Crippen molar-refractivity contribution in [1.29, 1.82) is 0 Å². The van der Waals surface area contributed by atoms with E-state index in [1.165, 1.54) is 11.1 Å². The van der Waals surface area contributed by atoms with Crippen molar-refractivity contribution in [2.75, 3.05) is 7.11 Å². The molecule has 1 fully saturated rings. The molecule has 2 heteroatoms. The Kier molecular flexibility index (Phi) is 2.84. The molecule has 0 bridgehead atoms. The van der Waals surface area contributed by atoms with Gasteiger partial charge in [-0.2, -0.15) is 0 Å². The minimum absolute atomic E-state index is 0.0402. The zero-order valence-corrected chi connectivity index (χ0v) is 10.7. The number of nitrogens with two attached hydrogens (primary N) is 1. The molecule has 0 aliphatic heterocycles. The highest BCUT2D eigenvalue weighted by molar-refractivity contribution is 5.37. The van der Waals surface area contributed by atoms with Crippen LogP contribution in [0.2, 0.25) is 0 Å². The highest BCUT2D eigenvalue weighted by atomic mass is 16.5. The van der Waals surface area contributed by atoms with Gasteiger partial charge in [0, 0.05) is 18.6 Å². The van der Waals surface area contributed by atoms with Crippen LogP contribution in [-0.2, 0) is 10.3 Å². The molecule has 2 aliphatic rings. The lowest BCUT2D eigenvalue weighted by Gasteiger charge is -2.23. The molecular formula is C16H19NO. The molecule has 2 nitrogen and oxygen atoms in total. The van der Waals surface area contributed by atoms with Gasteiger partial charge in [0.1, 0.15) is 0 Å². The van der Waals surface area contributed by atoms with Crippen molar-refractivity contribution in [3.63, 3.8) is 0 Å². The van der Waals surface area contributed by atoms with Crippen LogP contribution in [0.25, 0.3) is 0 Å². The number of benzene rings is 1. The summed E-state index contributed by atoms with van der Waals surface area (Å²) in [5.41, 5.74) is 8.71. The molecule has 0 heterocycles. The van der Waals surface area contributed by atoms with Gasteiger partial charge >= 0.3 is 0 Å². The van der Waals surface area contributed by atoms with Gasteiger partial charge in [-0.1, -0.05) is 48.6 Å². The fraction of sp³-hybridized carbons (Fsp3) is 0.375. The number of hydrogen-bond donors (Lipinski definition) is 1. The van der Waals surface area contributed by atoms with E-state index in [-0.39, 0.29) is 11.6 Å². The first-order chi connectivity index (χ1) is 8.73. The first kappa shape index (κ1) is 11.7. The van der Waals surface area contributed by atoms with Crippen LogP contribution in [0, 0.1) is 0 Å². The van der Waals surface area contributed by atoms with Crippen LogP contribution in [0.4, 0.5) is 0 Å². The summed E-state index contributed by atoms with van der Waals surface area (Å²) >= 11 is 0. The summed E-state index contributed by atoms with van der Waals surface area (Å²) in [7, 11) is 1.76. The Morgan fingerprint density at radius 3 is 2.39 bits per heavy atom. The van der Waals surface area contributed by atoms with E-state index in [4.69, 9.17) is 10.5 Å². The zero-order valence-electron chi connectivity index (χ0n) is 10.7. The molecule has 2 N–H and O–H groups in total. The first-order valence-corrected chi connectivity index (χ1v) is 6.50. The average Bonchev–Trinajstić information content (AvgIpc) is 3.18. The van der Waals surface area contributed by atoms with Crippen LogP contribution in [-0.4, -0.2) is 13.2 Å². The molecule has 0 aromatic heterocycles. The molecule has 0 spiro atoms. The fourth-order valence-corrected chi connectivity index (χ4v) is 2.57. The quantitative estimate of drug-likeness (QED) is 0.883. The van der Waals surface area contributed by atoms with E-state index < -0.39 is 0 Å². The van der Waals surface area contributed by atoms with Gasteiger partial charge in [0.25, 0.3) is 0 Å². The third-order valence-corrected chi connectivity index (χ3v) is 4.02. The predicted molar refractivity (Wildman–Crippen MR) is 73.4 cm³/mol. The maximum Gasteiger partial charge on any atom is 0.0858 e. The fourth-order valence-electron chi connectivity index (χ4n) is 2.57. The summed E-state index contributed by atoms with van der Waals surface area (Å²) in [6.07, 6.45) is 10.8. The topological polar surface area (TPSA) is 35.2 Å². The smallest absolute Gasteiger partial charge is 0.0858 e. The van der Waals surface area contributed by atoms with Crippen molar-refractivity contribution < 1.29 is 4.74 Å².